The zero-order valence-electron chi connectivity index (χ0n) is 10.9. The van der Waals surface area contributed by atoms with Crippen molar-refractivity contribution in [3.8, 4) is 0 Å². The molecule has 0 atom stereocenters. The molecule has 0 saturated heterocycles. The average Bonchev–Trinajstić information content (AvgIpc) is 2.38. The van der Waals surface area contributed by atoms with Gasteiger partial charge in [0.2, 0.25) is 5.95 Å². The highest BCUT2D eigenvalue weighted by molar-refractivity contribution is 5.39. The second kappa shape index (κ2) is 6.00. The van der Waals surface area contributed by atoms with Crippen LogP contribution in [0.4, 0.5) is 11.8 Å². The Kier molecular flexibility index (Phi) is 4.36. The van der Waals surface area contributed by atoms with Crippen LogP contribution < -0.4 is 10.6 Å². The summed E-state index contributed by atoms with van der Waals surface area (Å²) in [6.07, 6.45) is 6.95. The van der Waals surface area contributed by atoms with Gasteiger partial charge < -0.3 is 15.7 Å². The van der Waals surface area contributed by atoms with Gasteiger partial charge in [0, 0.05) is 19.3 Å². The van der Waals surface area contributed by atoms with Gasteiger partial charge >= 0.3 is 0 Å². The van der Waals surface area contributed by atoms with Crippen LogP contribution in [-0.2, 0) is 0 Å². The summed E-state index contributed by atoms with van der Waals surface area (Å²) in [7, 11) is 0. The van der Waals surface area contributed by atoms with Crippen LogP contribution in [-0.4, -0.2) is 33.8 Å². The second-order valence-electron chi connectivity index (χ2n) is 4.93. The van der Waals surface area contributed by atoms with Crippen molar-refractivity contribution >= 4 is 11.8 Å². The maximum absolute atomic E-state index is 10.4. The molecule has 0 unspecified atom stereocenters. The van der Waals surface area contributed by atoms with E-state index in [0.717, 1.165) is 38.0 Å². The van der Waals surface area contributed by atoms with Crippen molar-refractivity contribution in [3.63, 3.8) is 0 Å². The lowest BCUT2D eigenvalue weighted by Gasteiger charge is -2.32. The molecular formula is C13H22N4O. The third-order valence-electron chi connectivity index (χ3n) is 3.37. The van der Waals surface area contributed by atoms with Gasteiger partial charge in [0.25, 0.3) is 0 Å². The molecule has 1 heterocycles. The molecule has 18 heavy (non-hydrogen) atoms. The summed E-state index contributed by atoms with van der Waals surface area (Å²) < 4.78 is 0. The van der Waals surface area contributed by atoms with Gasteiger partial charge in [0.05, 0.1) is 5.60 Å². The zero-order valence-corrected chi connectivity index (χ0v) is 10.9. The number of anilines is 2. The van der Waals surface area contributed by atoms with Gasteiger partial charge in [-0.2, -0.15) is 4.98 Å². The topological polar surface area (TPSA) is 70.1 Å². The van der Waals surface area contributed by atoms with Crippen LogP contribution in [0, 0.1) is 0 Å². The van der Waals surface area contributed by atoms with Gasteiger partial charge in [-0.15, -0.1) is 0 Å². The Morgan fingerprint density at radius 1 is 1.28 bits per heavy atom. The lowest BCUT2D eigenvalue weighted by molar-refractivity contribution is 0.0166. The molecule has 1 aliphatic rings. The standard InChI is InChI=1S/C13H22N4O/c1-2-14-12-15-9-6-11(17-12)16-10-13(18)7-4-3-5-8-13/h6,9,18H,2-5,7-8,10H2,1H3,(H2,14,15,16,17). The van der Waals surface area contributed by atoms with Crippen LogP contribution in [0.25, 0.3) is 0 Å². The Morgan fingerprint density at radius 3 is 2.78 bits per heavy atom. The molecule has 100 valence electrons. The minimum Gasteiger partial charge on any atom is -0.388 e. The number of aromatic nitrogens is 2. The van der Waals surface area contributed by atoms with E-state index in [1.54, 1.807) is 6.20 Å². The molecule has 0 aliphatic heterocycles. The summed E-state index contributed by atoms with van der Waals surface area (Å²) in [5.74, 6) is 1.39. The molecule has 1 fully saturated rings. The molecule has 1 saturated carbocycles. The fourth-order valence-electron chi connectivity index (χ4n) is 2.34. The predicted molar refractivity (Wildman–Crippen MR) is 72.7 cm³/mol. The fraction of sp³-hybridized carbons (Fsp3) is 0.692. The lowest BCUT2D eigenvalue weighted by atomic mass is 9.85. The molecule has 0 bridgehead atoms. The molecule has 1 aromatic rings. The minimum absolute atomic E-state index is 0.565. The molecule has 0 amide bonds. The van der Waals surface area contributed by atoms with Crippen LogP contribution in [0.1, 0.15) is 39.0 Å². The highest BCUT2D eigenvalue weighted by atomic mass is 16.3. The van der Waals surface area contributed by atoms with E-state index in [2.05, 4.69) is 20.6 Å². The molecule has 0 radical (unpaired) electrons. The number of hydrogen-bond acceptors (Lipinski definition) is 5. The van der Waals surface area contributed by atoms with Crippen molar-refractivity contribution in [2.24, 2.45) is 0 Å². The smallest absolute Gasteiger partial charge is 0.224 e. The Labute approximate surface area is 108 Å². The maximum Gasteiger partial charge on any atom is 0.224 e. The summed E-state index contributed by atoms with van der Waals surface area (Å²) in [5, 5.41) is 16.7. The van der Waals surface area contributed by atoms with E-state index in [1.807, 2.05) is 13.0 Å². The average molecular weight is 250 g/mol. The quantitative estimate of drug-likeness (QED) is 0.746. The first kappa shape index (κ1) is 13.1. The van der Waals surface area contributed by atoms with E-state index in [4.69, 9.17) is 0 Å². The van der Waals surface area contributed by atoms with Crippen molar-refractivity contribution in [2.45, 2.75) is 44.6 Å². The molecule has 0 spiro atoms. The monoisotopic (exact) mass is 250 g/mol. The minimum atomic E-state index is -0.568. The van der Waals surface area contributed by atoms with Gasteiger partial charge in [-0.05, 0) is 25.8 Å². The number of hydrogen-bond donors (Lipinski definition) is 3. The summed E-state index contributed by atoms with van der Waals surface area (Å²) >= 11 is 0. The molecule has 3 N–H and O–H groups in total. The van der Waals surface area contributed by atoms with Crippen molar-refractivity contribution < 1.29 is 5.11 Å². The van der Waals surface area contributed by atoms with Gasteiger partial charge in [-0.25, -0.2) is 4.98 Å². The third kappa shape index (κ3) is 3.57. The van der Waals surface area contributed by atoms with Crippen molar-refractivity contribution in [2.75, 3.05) is 23.7 Å². The van der Waals surface area contributed by atoms with Crippen LogP contribution in [0.3, 0.4) is 0 Å². The Balaban J connectivity index is 1.90. The summed E-state index contributed by atoms with van der Waals surface area (Å²) in [5.41, 5.74) is -0.568. The molecule has 5 nitrogen and oxygen atoms in total. The Hall–Kier alpha value is -1.36. The normalized spacial score (nSPS) is 18.3. The fourth-order valence-corrected chi connectivity index (χ4v) is 2.34. The molecule has 1 aliphatic carbocycles. The van der Waals surface area contributed by atoms with E-state index in [0.29, 0.717) is 12.5 Å². The number of nitrogens with one attached hydrogen (secondary N) is 2. The van der Waals surface area contributed by atoms with Crippen molar-refractivity contribution in [1.82, 2.24) is 9.97 Å². The van der Waals surface area contributed by atoms with E-state index in [9.17, 15) is 5.11 Å². The van der Waals surface area contributed by atoms with E-state index < -0.39 is 5.60 Å². The molecule has 5 heteroatoms. The highest BCUT2D eigenvalue weighted by Crippen LogP contribution is 2.28. The van der Waals surface area contributed by atoms with Gasteiger partial charge in [0.15, 0.2) is 0 Å². The lowest BCUT2D eigenvalue weighted by Crippen LogP contribution is -2.38. The first-order valence-corrected chi connectivity index (χ1v) is 6.75. The van der Waals surface area contributed by atoms with Crippen LogP contribution in [0.2, 0.25) is 0 Å². The zero-order chi connectivity index (χ0) is 12.8. The van der Waals surface area contributed by atoms with E-state index in [1.165, 1.54) is 6.42 Å². The largest absolute Gasteiger partial charge is 0.388 e. The number of nitrogens with zero attached hydrogens (tertiary/aromatic N) is 2. The SMILES string of the molecule is CCNc1nccc(NCC2(O)CCCCC2)n1. The molecule has 2 rings (SSSR count). The molecule has 1 aromatic heterocycles. The highest BCUT2D eigenvalue weighted by Gasteiger charge is 2.28. The van der Waals surface area contributed by atoms with Gasteiger partial charge in [-0.1, -0.05) is 19.3 Å². The Bertz CT molecular complexity index is 377. The Morgan fingerprint density at radius 2 is 2.06 bits per heavy atom. The number of rotatable bonds is 5. The van der Waals surface area contributed by atoms with Gasteiger partial charge in [-0.3, -0.25) is 0 Å². The number of aliphatic hydroxyl groups is 1. The molecular weight excluding hydrogens is 228 g/mol. The van der Waals surface area contributed by atoms with Gasteiger partial charge in [0.1, 0.15) is 5.82 Å². The van der Waals surface area contributed by atoms with Crippen LogP contribution in [0.15, 0.2) is 12.3 Å². The van der Waals surface area contributed by atoms with Crippen LogP contribution >= 0.6 is 0 Å². The van der Waals surface area contributed by atoms with Crippen LogP contribution in [0.5, 0.6) is 0 Å². The third-order valence-corrected chi connectivity index (χ3v) is 3.37. The molecule has 0 aromatic carbocycles. The second-order valence-corrected chi connectivity index (χ2v) is 4.93. The summed E-state index contributed by atoms with van der Waals surface area (Å²) in [6, 6.07) is 1.83. The summed E-state index contributed by atoms with van der Waals surface area (Å²) in [4.78, 5) is 8.45. The van der Waals surface area contributed by atoms with Crippen molar-refractivity contribution in [3.05, 3.63) is 12.3 Å². The predicted octanol–water partition coefficient (Wildman–Crippen LogP) is 2.02. The summed E-state index contributed by atoms with van der Waals surface area (Å²) in [6.45, 7) is 3.37. The van der Waals surface area contributed by atoms with E-state index >= 15 is 0 Å². The maximum atomic E-state index is 10.4. The van der Waals surface area contributed by atoms with Crippen molar-refractivity contribution in [1.29, 1.82) is 0 Å². The first-order chi connectivity index (χ1) is 8.72. The van der Waals surface area contributed by atoms with E-state index in [-0.39, 0.29) is 0 Å². The first-order valence-electron chi connectivity index (χ1n) is 6.75.